The van der Waals surface area contributed by atoms with Crippen LogP contribution < -0.4 is 14.9 Å². The number of nitrogens with one attached hydrogen (secondary N) is 1. The van der Waals surface area contributed by atoms with Gasteiger partial charge in [-0.2, -0.15) is 5.10 Å². The van der Waals surface area contributed by atoms with Crippen molar-refractivity contribution in [2.45, 2.75) is 0 Å². The fourth-order valence-electron chi connectivity index (χ4n) is 1.93. The third-order valence-corrected chi connectivity index (χ3v) is 3.10. The molecule has 126 valence electrons. The van der Waals surface area contributed by atoms with E-state index < -0.39 is 23.1 Å². The smallest absolute Gasteiger partial charge is 0.277 e. The second-order valence-corrected chi connectivity index (χ2v) is 4.56. The molecule has 0 saturated carbocycles. The van der Waals surface area contributed by atoms with Crippen LogP contribution in [0, 0.1) is 11.6 Å². The number of carbonyl (C=O) groups is 1. The minimum Gasteiger partial charge on any atom is -0.507 e. The first-order valence-electron chi connectivity index (χ1n) is 6.70. The molecule has 1 amide bonds. The number of hydrogen-bond donors (Lipinski definition) is 2. The monoisotopic (exact) mass is 336 g/mol. The van der Waals surface area contributed by atoms with Gasteiger partial charge < -0.3 is 14.6 Å². The van der Waals surface area contributed by atoms with Crippen molar-refractivity contribution in [2.24, 2.45) is 5.10 Å². The van der Waals surface area contributed by atoms with E-state index >= 15 is 0 Å². The maximum atomic E-state index is 13.5. The highest BCUT2D eigenvalue weighted by atomic mass is 19.1. The predicted molar refractivity (Wildman–Crippen MR) is 82.6 cm³/mol. The lowest BCUT2D eigenvalue weighted by Gasteiger charge is -2.09. The molecule has 0 heterocycles. The molecule has 0 spiro atoms. The first-order valence-corrected chi connectivity index (χ1v) is 6.70. The van der Waals surface area contributed by atoms with Gasteiger partial charge >= 0.3 is 0 Å². The van der Waals surface area contributed by atoms with E-state index in [0.29, 0.717) is 5.75 Å². The molecule has 0 atom stereocenters. The summed E-state index contributed by atoms with van der Waals surface area (Å²) in [5.74, 6) is -2.68. The molecule has 0 aromatic heterocycles. The molecule has 0 bridgehead atoms. The number of nitrogens with zero attached hydrogens (tertiary/aromatic N) is 1. The number of aromatic hydroxyl groups is 1. The van der Waals surface area contributed by atoms with Crippen molar-refractivity contribution in [3.05, 3.63) is 53.1 Å². The van der Waals surface area contributed by atoms with Crippen LogP contribution in [0.25, 0.3) is 0 Å². The van der Waals surface area contributed by atoms with E-state index in [-0.39, 0.29) is 17.1 Å². The number of ether oxygens (including phenoxy) is 2. The fourth-order valence-corrected chi connectivity index (χ4v) is 1.93. The largest absolute Gasteiger partial charge is 0.507 e. The van der Waals surface area contributed by atoms with E-state index in [0.717, 1.165) is 24.4 Å². The Morgan fingerprint density at radius 2 is 1.88 bits per heavy atom. The van der Waals surface area contributed by atoms with Crippen molar-refractivity contribution in [1.29, 1.82) is 0 Å². The number of phenols is 1. The summed E-state index contributed by atoms with van der Waals surface area (Å²) in [6, 6.07) is 5.88. The van der Waals surface area contributed by atoms with Crippen LogP contribution in [0.4, 0.5) is 8.78 Å². The third kappa shape index (κ3) is 3.60. The van der Waals surface area contributed by atoms with Crippen LogP contribution in [0.5, 0.6) is 17.2 Å². The summed E-state index contributed by atoms with van der Waals surface area (Å²) >= 11 is 0. The number of hydrazone groups is 1. The van der Waals surface area contributed by atoms with Gasteiger partial charge in [0.2, 0.25) is 0 Å². The number of carbonyl (C=O) groups excluding carboxylic acids is 1. The van der Waals surface area contributed by atoms with E-state index in [1.165, 1.54) is 26.4 Å². The van der Waals surface area contributed by atoms with Crippen LogP contribution in [-0.2, 0) is 0 Å². The number of benzene rings is 2. The molecule has 6 nitrogen and oxygen atoms in total. The SMILES string of the molecule is COc1cc(O)c(/C=N/NC(=O)c2c(F)cccc2F)c(OC)c1. The van der Waals surface area contributed by atoms with Gasteiger partial charge in [0.1, 0.15) is 34.4 Å². The highest BCUT2D eigenvalue weighted by Crippen LogP contribution is 2.31. The van der Waals surface area contributed by atoms with E-state index in [2.05, 4.69) is 5.10 Å². The van der Waals surface area contributed by atoms with E-state index in [1.54, 1.807) is 0 Å². The van der Waals surface area contributed by atoms with Gasteiger partial charge in [-0.3, -0.25) is 4.79 Å². The van der Waals surface area contributed by atoms with Gasteiger partial charge in [-0.1, -0.05) is 6.07 Å². The lowest BCUT2D eigenvalue weighted by atomic mass is 10.2. The standard InChI is InChI=1S/C16H14F2N2O4/c1-23-9-6-13(21)10(14(7-9)24-2)8-19-20-16(22)15-11(17)4-3-5-12(15)18/h3-8,21H,1-2H3,(H,20,22)/b19-8+. The van der Waals surface area contributed by atoms with Crippen LogP contribution in [0.2, 0.25) is 0 Å². The summed E-state index contributed by atoms with van der Waals surface area (Å²) in [5, 5.41) is 13.5. The summed E-state index contributed by atoms with van der Waals surface area (Å²) in [5.41, 5.74) is 1.40. The van der Waals surface area contributed by atoms with Gasteiger partial charge in [-0.15, -0.1) is 0 Å². The maximum Gasteiger partial charge on any atom is 0.277 e. The second kappa shape index (κ2) is 7.40. The fraction of sp³-hybridized carbons (Fsp3) is 0.125. The molecule has 24 heavy (non-hydrogen) atoms. The Hall–Kier alpha value is -3.16. The normalized spacial score (nSPS) is 10.7. The first kappa shape index (κ1) is 17.2. The average molecular weight is 336 g/mol. The van der Waals surface area contributed by atoms with Crippen LogP contribution in [0.15, 0.2) is 35.4 Å². The third-order valence-electron chi connectivity index (χ3n) is 3.10. The Bertz CT molecular complexity index is 774. The van der Waals surface area contributed by atoms with Gasteiger partial charge in [0.25, 0.3) is 5.91 Å². The Balaban J connectivity index is 2.22. The number of methoxy groups -OCH3 is 2. The highest BCUT2D eigenvalue weighted by Gasteiger charge is 2.16. The summed E-state index contributed by atoms with van der Waals surface area (Å²) in [7, 11) is 2.80. The van der Waals surface area contributed by atoms with Gasteiger partial charge in [-0.25, -0.2) is 14.2 Å². The molecular formula is C16H14F2N2O4. The molecule has 2 rings (SSSR count). The zero-order chi connectivity index (χ0) is 17.7. The lowest BCUT2D eigenvalue weighted by molar-refractivity contribution is 0.0946. The molecule has 0 unspecified atom stereocenters. The lowest BCUT2D eigenvalue weighted by Crippen LogP contribution is -2.20. The quantitative estimate of drug-likeness (QED) is 0.649. The van der Waals surface area contributed by atoms with Gasteiger partial charge in [0, 0.05) is 12.1 Å². The summed E-state index contributed by atoms with van der Waals surface area (Å²) in [6.07, 6.45) is 1.09. The molecule has 2 aromatic carbocycles. The Labute approximate surface area is 136 Å². The van der Waals surface area contributed by atoms with E-state index in [1.807, 2.05) is 5.43 Å². The van der Waals surface area contributed by atoms with Crippen molar-refractivity contribution >= 4 is 12.1 Å². The Morgan fingerprint density at radius 1 is 1.21 bits per heavy atom. The van der Waals surface area contributed by atoms with Gasteiger partial charge in [-0.05, 0) is 12.1 Å². The van der Waals surface area contributed by atoms with Crippen LogP contribution in [0.3, 0.4) is 0 Å². The van der Waals surface area contributed by atoms with Gasteiger partial charge in [0.05, 0.1) is 26.0 Å². The topological polar surface area (TPSA) is 80.2 Å². The molecule has 0 saturated heterocycles. The summed E-state index contributed by atoms with van der Waals surface area (Å²) in [6.45, 7) is 0. The van der Waals surface area contributed by atoms with E-state index in [9.17, 15) is 18.7 Å². The van der Waals surface area contributed by atoms with E-state index in [4.69, 9.17) is 9.47 Å². The molecule has 0 aliphatic carbocycles. The Morgan fingerprint density at radius 3 is 2.46 bits per heavy atom. The minimum absolute atomic E-state index is 0.160. The zero-order valence-electron chi connectivity index (χ0n) is 12.8. The van der Waals surface area contributed by atoms with Gasteiger partial charge in [0.15, 0.2) is 0 Å². The molecule has 8 heteroatoms. The van der Waals surface area contributed by atoms with Crippen molar-refractivity contribution in [1.82, 2.24) is 5.43 Å². The molecule has 2 aromatic rings. The first-order chi connectivity index (χ1) is 11.5. The van der Waals surface area contributed by atoms with Crippen molar-refractivity contribution in [2.75, 3.05) is 14.2 Å². The minimum atomic E-state index is -1.06. The molecule has 0 radical (unpaired) electrons. The summed E-state index contributed by atoms with van der Waals surface area (Å²) in [4.78, 5) is 11.8. The van der Waals surface area contributed by atoms with Crippen molar-refractivity contribution in [3.8, 4) is 17.2 Å². The predicted octanol–water partition coefficient (Wildman–Crippen LogP) is 2.45. The number of rotatable bonds is 5. The second-order valence-electron chi connectivity index (χ2n) is 4.56. The zero-order valence-corrected chi connectivity index (χ0v) is 12.8. The van der Waals surface area contributed by atoms with Crippen LogP contribution >= 0.6 is 0 Å². The number of hydrogen-bond acceptors (Lipinski definition) is 5. The number of halogens is 2. The van der Waals surface area contributed by atoms with Crippen molar-refractivity contribution in [3.63, 3.8) is 0 Å². The molecule has 0 aliphatic heterocycles. The Kier molecular flexibility index (Phi) is 5.31. The number of amides is 1. The van der Waals surface area contributed by atoms with Crippen LogP contribution in [0.1, 0.15) is 15.9 Å². The molecule has 2 N–H and O–H groups in total. The number of phenolic OH excluding ortho intramolecular Hbond substituents is 1. The maximum absolute atomic E-state index is 13.5. The highest BCUT2D eigenvalue weighted by molar-refractivity contribution is 5.96. The molecule has 0 fully saturated rings. The molecule has 0 aliphatic rings. The van der Waals surface area contributed by atoms with Crippen LogP contribution in [-0.4, -0.2) is 31.4 Å². The average Bonchev–Trinajstić information content (AvgIpc) is 2.55. The van der Waals surface area contributed by atoms with Crippen molar-refractivity contribution < 1.29 is 28.2 Å². The molecular weight excluding hydrogens is 322 g/mol. The summed E-state index contributed by atoms with van der Waals surface area (Å²) < 4.78 is 37.0.